The van der Waals surface area contributed by atoms with E-state index in [1.165, 1.54) is 4.90 Å². The van der Waals surface area contributed by atoms with E-state index in [4.69, 9.17) is 10.5 Å². The van der Waals surface area contributed by atoms with Crippen molar-refractivity contribution in [1.82, 2.24) is 0 Å². The highest BCUT2D eigenvalue weighted by atomic mass is 16.2. The van der Waals surface area contributed by atoms with Gasteiger partial charge in [-0.1, -0.05) is 24.3 Å². The zero-order valence-corrected chi connectivity index (χ0v) is 11.6. The molecule has 0 unspecified atom stereocenters. The molecule has 2 aromatic carbocycles. The third kappa shape index (κ3) is 3.26. The predicted octanol–water partition coefficient (Wildman–Crippen LogP) is 2.64. The SMILES string of the molecule is CN(C(=O)Cc1ccc(C#N)cc1)c1ccccc1C#N. The van der Waals surface area contributed by atoms with Gasteiger partial charge in [-0.05, 0) is 29.8 Å². The molecular formula is C17H13N3O. The minimum Gasteiger partial charge on any atom is -0.314 e. The van der Waals surface area contributed by atoms with Gasteiger partial charge in [0, 0.05) is 7.05 Å². The van der Waals surface area contributed by atoms with Crippen molar-refractivity contribution < 1.29 is 4.79 Å². The number of benzene rings is 2. The lowest BCUT2D eigenvalue weighted by atomic mass is 10.1. The monoisotopic (exact) mass is 275 g/mol. The lowest BCUT2D eigenvalue weighted by Crippen LogP contribution is -2.28. The van der Waals surface area contributed by atoms with Crippen LogP contribution in [0.25, 0.3) is 0 Å². The molecule has 0 saturated heterocycles. The van der Waals surface area contributed by atoms with E-state index < -0.39 is 0 Å². The summed E-state index contributed by atoms with van der Waals surface area (Å²) >= 11 is 0. The summed E-state index contributed by atoms with van der Waals surface area (Å²) in [6.07, 6.45) is 0.224. The van der Waals surface area contributed by atoms with Crippen LogP contribution in [0.15, 0.2) is 48.5 Å². The Morgan fingerprint density at radius 2 is 1.71 bits per heavy atom. The molecule has 0 radical (unpaired) electrons. The molecule has 102 valence electrons. The van der Waals surface area contributed by atoms with Gasteiger partial charge < -0.3 is 4.90 Å². The molecule has 0 aliphatic heterocycles. The Balaban J connectivity index is 2.16. The maximum absolute atomic E-state index is 12.3. The van der Waals surface area contributed by atoms with Crippen molar-refractivity contribution in [1.29, 1.82) is 10.5 Å². The van der Waals surface area contributed by atoms with Gasteiger partial charge >= 0.3 is 0 Å². The van der Waals surface area contributed by atoms with Gasteiger partial charge in [-0.2, -0.15) is 10.5 Å². The molecule has 0 aliphatic carbocycles. The molecule has 0 aromatic heterocycles. The molecule has 4 heteroatoms. The van der Waals surface area contributed by atoms with E-state index in [1.807, 2.05) is 6.07 Å². The van der Waals surface area contributed by atoms with Crippen molar-refractivity contribution in [3.63, 3.8) is 0 Å². The molecule has 2 aromatic rings. The quantitative estimate of drug-likeness (QED) is 0.864. The van der Waals surface area contributed by atoms with E-state index in [-0.39, 0.29) is 12.3 Å². The predicted molar refractivity (Wildman–Crippen MR) is 79.4 cm³/mol. The van der Waals surface area contributed by atoms with Crippen LogP contribution in [0.4, 0.5) is 5.69 Å². The van der Waals surface area contributed by atoms with Gasteiger partial charge in [-0.25, -0.2) is 0 Å². The highest BCUT2D eigenvalue weighted by Gasteiger charge is 2.14. The van der Waals surface area contributed by atoms with Crippen molar-refractivity contribution >= 4 is 11.6 Å². The van der Waals surface area contributed by atoms with Crippen molar-refractivity contribution in [3.8, 4) is 12.1 Å². The first-order valence-corrected chi connectivity index (χ1v) is 6.40. The zero-order chi connectivity index (χ0) is 15.2. The maximum atomic E-state index is 12.3. The average Bonchev–Trinajstić information content (AvgIpc) is 2.54. The molecule has 0 saturated carbocycles. The second kappa shape index (κ2) is 6.36. The van der Waals surface area contributed by atoms with Crippen molar-refractivity contribution in [2.75, 3.05) is 11.9 Å². The van der Waals surface area contributed by atoms with Crippen LogP contribution in [-0.4, -0.2) is 13.0 Å². The number of likely N-dealkylation sites (N-methyl/N-ethyl adjacent to an activating group) is 1. The number of hydrogen-bond acceptors (Lipinski definition) is 3. The molecule has 0 N–H and O–H groups in total. The second-order valence-corrected chi connectivity index (χ2v) is 4.57. The third-order valence-electron chi connectivity index (χ3n) is 3.20. The molecule has 4 nitrogen and oxygen atoms in total. The van der Waals surface area contributed by atoms with E-state index in [0.717, 1.165) is 5.56 Å². The summed E-state index contributed by atoms with van der Waals surface area (Å²) < 4.78 is 0. The third-order valence-corrected chi connectivity index (χ3v) is 3.20. The molecule has 1 amide bonds. The average molecular weight is 275 g/mol. The van der Waals surface area contributed by atoms with Crippen LogP contribution in [0.1, 0.15) is 16.7 Å². The van der Waals surface area contributed by atoms with Crippen molar-refractivity contribution in [3.05, 3.63) is 65.2 Å². The Kier molecular flexibility index (Phi) is 4.33. The molecule has 21 heavy (non-hydrogen) atoms. The summed E-state index contributed by atoms with van der Waals surface area (Å²) in [5.41, 5.74) is 2.46. The number of para-hydroxylation sites is 1. The highest BCUT2D eigenvalue weighted by molar-refractivity contribution is 5.95. The van der Waals surface area contributed by atoms with Gasteiger partial charge in [0.25, 0.3) is 0 Å². The van der Waals surface area contributed by atoms with Gasteiger partial charge in [0.1, 0.15) is 6.07 Å². The number of anilines is 1. The molecule has 0 atom stereocenters. The second-order valence-electron chi connectivity index (χ2n) is 4.57. The maximum Gasteiger partial charge on any atom is 0.231 e. The lowest BCUT2D eigenvalue weighted by molar-refractivity contribution is -0.117. The summed E-state index contributed by atoms with van der Waals surface area (Å²) in [6.45, 7) is 0. The van der Waals surface area contributed by atoms with Crippen LogP contribution in [0.3, 0.4) is 0 Å². The van der Waals surface area contributed by atoms with Gasteiger partial charge in [0.2, 0.25) is 5.91 Å². The number of nitriles is 2. The summed E-state index contributed by atoms with van der Waals surface area (Å²) in [6, 6.07) is 18.0. The number of nitrogens with zero attached hydrogens (tertiary/aromatic N) is 3. The first-order valence-electron chi connectivity index (χ1n) is 6.40. The van der Waals surface area contributed by atoms with E-state index in [9.17, 15) is 4.79 Å². The normalized spacial score (nSPS) is 9.48. The van der Waals surface area contributed by atoms with Crippen molar-refractivity contribution in [2.45, 2.75) is 6.42 Å². The summed E-state index contributed by atoms with van der Waals surface area (Å²) in [5, 5.41) is 17.8. The molecule has 0 heterocycles. The molecule has 0 fully saturated rings. The first kappa shape index (κ1) is 14.3. The van der Waals surface area contributed by atoms with Crippen molar-refractivity contribution in [2.24, 2.45) is 0 Å². The Hall–Kier alpha value is -3.11. The summed E-state index contributed by atoms with van der Waals surface area (Å²) in [7, 11) is 1.65. The molecule has 0 bridgehead atoms. The van der Waals surface area contributed by atoms with Crippen LogP contribution in [0.2, 0.25) is 0 Å². The molecule has 0 spiro atoms. The van der Waals surface area contributed by atoms with E-state index in [2.05, 4.69) is 6.07 Å². The number of carbonyl (C=O) groups excluding carboxylic acids is 1. The molecule has 0 aliphatic rings. The van der Waals surface area contributed by atoms with Crippen LogP contribution < -0.4 is 4.90 Å². The van der Waals surface area contributed by atoms with E-state index in [1.54, 1.807) is 55.6 Å². The zero-order valence-electron chi connectivity index (χ0n) is 11.6. The number of carbonyl (C=O) groups is 1. The van der Waals surface area contributed by atoms with E-state index in [0.29, 0.717) is 16.8 Å². The minimum absolute atomic E-state index is 0.109. The van der Waals surface area contributed by atoms with Crippen LogP contribution >= 0.6 is 0 Å². The van der Waals surface area contributed by atoms with Gasteiger partial charge in [-0.15, -0.1) is 0 Å². The fourth-order valence-electron chi connectivity index (χ4n) is 1.99. The van der Waals surface area contributed by atoms with E-state index >= 15 is 0 Å². The Labute approximate surface area is 123 Å². The van der Waals surface area contributed by atoms with Gasteiger partial charge in [-0.3, -0.25) is 4.79 Å². The summed E-state index contributed by atoms with van der Waals surface area (Å²) in [5.74, 6) is -0.109. The van der Waals surface area contributed by atoms with Crippen LogP contribution in [-0.2, 0) is 11.2 Å². The molecular weight excluding hydrogens is 262 g/mol. The first-order chi connectivity index (χ1) is 10.2. The number of rotatable bonds is 3. The van der Waals surface area contributed by atoms with Crippen LogP contribution in [0, 0.1) is 22.7 Å². The Morgan fingerprint density at radius 1 is 1.05 bits per heavy atom. The van der Waals surface area contributed by atoms with Crippen LogP contribution in [0.5, 0.6) is 0 Å². The standard InChI is InChI=1S/C17H13N3O/c1-20(16-5-3-2-4-15(16)12-19)17(21)10-13-6-8-14(11-18)9-7-13/h2-9H,10H2,1H3. The number of amides is 1. The fourth-order valence-corrected chi connectivity index (χ4v) is 1.99. The Bertz CT molecular complexity index is 736. The topological polar surface area (TPSA) is 67.9 Å². The smallest absolute Gasteiger partial charge is 0.231 e. The number of hydrogen-bond donors (Lipinski definition) is 0. The Morgan fingerprint density at radius 3 is 2.33 bits per heavy atom. The van der Waals surface area contributed by atoms with Gasteiger partial charge in [0.15, 0.2) is 0 Å². The van der Waals surface area contributed by atoms with Gasteiger partial charge in [0.05, 0.1) is 29.3 Å². The highest BCUT2D eigenvalue weighted by Crippen LogP contribution is 2.19. The molecule has 2 rings (SSSR count). The fraction of sp³-hybridized carbons (Fsp3) is 0.118. The minimum atomic E-state index is -0.109. The summed E-state index contributed by atoms with van der Waals surface area (Å²) in [4.78, 5) is 13.8. The largest absolute Gasteiger partial charge is 0.314 e. The lowest BCUT2D eigenvalue weighted by Gasteiger charge is -2.18.